The fourth-order valence-corrected chi connectivity index (χ4v) is 4.57. The number of amides is 1. The summed E-state index contributed by atoms with van der Waals surface area (Å²) >= 11 is 0. The third-order valence-electron chi connectivity index (χ3n) is 4.40. The fraction of sp³-hybridized carbons (Fsp3) is 0.409. The Labute approximate surface area is 179 Å². The van der Waals surface area contributed by atoms with E-state index in [0.29, 0.717) is 30.3 Å². The molecule has 0 aliphatic heterocycles. The number of methoxy groups -OCH3 is 1. The van der Waals surface area contributed by atoms with E-state index in [-0.39, 0.29) is 17.4 Å². The molecule has 0 saturated heterocycles. The van der Waals surface area contributed by atoms with Crippen molar-refractivity contribution in [2.24, 2.45) is 0 Å². The number of carbonyl (C=O) groups is 1. The first-order valence-corrected chi connectivity index (χ1v) is 11.4. The van der Waals surface area contributed by atoms with Crippen molar-refractivity contribution in [1.82, 2.24) is 4.31 Å². The third kappa shape index (κ3) is 6.21. The average Bonchev–Trinajstić information content (AvgIpc) is 2.73. The van der Waals surface area contributed by atoms with Crippen LogP contribution in [-0.4, -0.2) is 45.4 Å². The van der Waals surface area contributed by atoms with E-state index >= 15 is 0 Å². The third-order valence-corrected chi connectivity index (χ3v) is 6.31. The zero-order valence-corrected chi connectivity index (χ0v) is 18.8. The van der Waals surface area contributed by atoms with Crippen LogP contribution >= 0.6 is 0 Å². The Balaban J connectivity index is 2.01. The van der Waals surface area contributed by atoms with Gasteiger partial charge in [-0.15, -0.1) is 0 Å². The minimum Gasteiger partial charge on any atom is -0.493 e. The number of rotatable bonds is 11. The molecule has 0 radical (unpaired) electrons. The lowest BCUT2D eigenvalue weighted by Crippen LogP contribution is -2.32. The van der Waals surface area contributed by atoms with Crippen molar-refractivity contribution < 1.29 is 22.7 Å². The largest absolute Gasteiger partial charge is 0.493 e. The Bertz CT molecular complexity index is 937. The molecule has 0 aliphatic rings. The number of benzene rings is 2. The lowest BCUT2D eigenvalue weighted by Gasteiger charge is -2.21. The Hall–Kier alpha value is -2.58. The van der Waals surface area contributed by atoms with Gasteiger partial charge in [0, 0.05) is 18.8 Å². The number of carbonyl (C=O) groups excluding carboxylic acids is 1. The second-order valence-corrected chi connectivity index (χ2v) is 8.86. The molecule has 7 nitrogen and oxygen atoms in total. The maximum atomic E-state index is 12.8. The van der Waals surface area contributed by atoms with Crippen molar-refractivity contribution in [3.63, 3.8) is 0 Å². The lowest BCUT2D eigenvalue weighted by atomic mass is 10.2. The van der Waals surface area contributed by atoms with Crippen molar-refractivity contribution in [3.8, 4) is 11.5 Å². The molecule has 0 unspecified atom stereocenters. The number of nitrogens with zero attached hydrogens (tertiary/aromatic N) is 1. The molecule has 30 heavy (non-hydrogen) atoms. The summed E-state index contributed by atoms with van der Waals surface area (Å²) in [6, 6.07) is 11.6. The molecule has 0 atom stereocenters. The minimum atomic E-state index is -3.55. The average molecular weight is 435 g/mol. The van der Waals surface area contributed by atoms with E-state index in [4.69, 9.17) is 9.47 Å². The van der Waals surface area contributed by atoms with Crippen LogP contribution in [-0.2, 0) is 14.8 Å². The Kier molecular flexibility index (Phi) is 8.68. The van der Waals surface area contributed by atoms with E-state index in [1.54, 1.807) is 25.3 Å². The summed E-state index contributed by atoms with van der Waals surface area (Å²) in [5, 5.41) is 2.71. The summed E-state index contributed by atoms with van der Waals surface area (Å²) in [4.78, 5) is 12.4. The monoisotopic (exact) mass is 434 g/mol. The molecule has 8 heteroatoms. The molecule has 1 N–H and O–H groups in total. The summed E-state index contributed by atoms with van der Waals surface area (Å²) < 4.78 is 37.9. The van der Waals surface area contributed by atoms with Crippen molar-refractivity contribution in [3.05, 3.63) is 48.0 Å². The molecule has 1 amide bonds. The second kappa shape index (κ2) is 11.0. The Morgan fingerprint density at radius 2 is 1.63 bits per heavy atom. The summed E-state index contributed by atoms with van der Waals surface area (Å²) in [7, 11) is -2.00. The highest BCUT2D eigenvalue weighted by Gasteiger charge is 2.22. The van der Waals surface area contributed by atoms with Crippen LogP contribution in [0.25, 0.3) is 0 Å². The number of hydrogen-bond donors (Lipinski definition) is 1. The predicted molar refractivity (Wildman–Crippen MR) is 118 cm³/mol. The van der Waals surface area contributed by atoms with Crippen LogP contribution in [0.1, 0.15) is 32.3 Å². The molecular formula is C22H30N2O5S. The minimum absolute atomic E-state index is 0.194. The standard InChI is InChI=1S/C22H30N2O5S/c1-5-13-24(14-6-2)30(26,27)19-10-8-18(9-11-19)23-22(25)16-29-20-12-7-17(3)15-21(20)28-4/h7-12,15H,5-6,13-14,16H2,1-4H3,(H,23,25). The van der Waals surface area contributed by atoms with E-state index < -0.39 is 10.0 Å². The van der Waals surface area contributed by atoms with Gasteiger partial charge in [-0.1, -0.05) is 19.9 Å². The fourth-order valence-electron chi connectivity index (χ4n) is 2.94. The van der Waals surface area contributed by atoms with Gasteiger partial charge in [0.25, 0.3) is 5.91 Å². The smallest absolute Gasteiger partial charge is 0.262 e. The lowest BCUT2D eigenvalue weighted by molar-refractivity contribution is -0.118. The second-order valence-electron chi connectivity index (χ2n) is 6.92. The highest BCUT2D eigenvalue weighted by atomic mass is 32.2. The van der Waals surface area contributed by atoms with Gasteiger partial charge in [-0.25, -0.2) is 8.42 Å². The highest BCUT2D eigenvalue weighted by Crippen LogP contribution is 2.27. The number of aryl methyl sites for hydroxylation is 1. The molecule has 0 aliphatic carbocycles. The van der Waals surface area contributed by atoms with Gasteiger partial charge in [0.1, 0.15) is 0 Å². The SMILES string of the molecule is CCCN(CCC)S(=O)(=O)c1ccc(NC(=O)COc2ccc(C)cc2OC)cc1. The van der Waals surface area contributed by atoms with Gasteiger partial charge in [0.15, 0.2) is 18.1 Å². The Morgan fingerprint density at radius 1 is 1.00 bits per heavy atom. The summed E-state index contributed by atoms with van der Waals surface area (Å²) in [6.45, 7) is 6.60. The van der Waals surface area contributed by atoms with Gasteiger partial charge in [0.2, 0.25) is 10.0 Å². The molecule has 164 valence electrons. The molecule has 2 aromatic carbocycles. The number of sulfonamides is 1. The van der Waals surface area contributed by atoms with Gasteiger partial charge in [-0.2, -0.15) is 4.31 Å². The van der Waals surface area contributed by atoms with Gasteiger partial charge in [0.05, 0.1) is 12.0 Å². The summed E-state index contributed by atoms with van der Waals surface area (Å²) in [6.07, 6.45) is 1.50. The zero-order chi connectivity index (χ0) is 22.1. The van der Waals surface area contributed by atoms with Gasteiger partial charge >= 0.3 is 0 Å². The number of ether oxygens (including phenoxy) is 2. The van der Waals surface area contributed by atoms with Crippen molar-refractivity contribution in [2.45, 2.75) is 38.5 Å². The van der Waals surface area contributed by atoms with Crippen LogP contribution in [0.4, 0.5) is 5.69 Å². The van der Waals surface area contributed by atoms with Crippen LogP contribution in [0.3, 0.4) is 0 Å². The molecule has 2 rings (SSSR count). The van der Waals surface area contributed by atoms with E-state index in [9.17, 15) is 13.2 Å². The molecule has 0 bridgehead atoms. The number of anilines is 1. The first kappa shape index (κ1) is 23.7. The normalized spacial score (nSPS) is 11.4. The van der Waals surface area contributed by atoms with E-state index in [0.717, 1.165) is 18.4 Å². The molecule has 0 aromatic heterocycles. The van der Waals surface area contributed by atoms with Crippen LogP contribution in [0.5, 0.6) is 11.5 Å². The van der Waals surface area contributed by atoms with Gasteiger partial charge in [-0.05, 0) is 61.7 Å². The molecule has 0 saturated carbocycles. The van der Waals surface area contributed by atoms with Crippen molar-refractivity contribution in [1.29, 1.82) is 0 Å². The van der Waals surface area contributed by atoms with Gasteiger partial charge < -0.3 is 14.8 Å². The Morgan fingerprint density at radius 3 is 2.20 bits per heavy atom. The van der Waals surface area contributed by atoms with E-state index in [1.165, 1.54) is 16.4 Å². The first-order chi connectivity index (χ1) is 14.3. The number of nitrogens with one attached hydrogen (secondary N) is 1. The molecule has 0 fully saturated rings. The van der Waals surface area contributed by atoms with Crippen molar-refractivity contribution >= 4 is 21.6 Å². The predicted octanol–water partition coefficient (Wildman–Crippen LogP) is 3.83. The van der Waals surface area contributed by atoms with Crippen LogP contribution in [0, 0.1) is 6.92 Å². The first-order valence-electron chi connectivity index (χ1n) is 9.99. The van der Waals surface area contributed by atoms with E-state index in [1.807, 2.05) is 32.9 Å². The highest BCUT2D eigenvalue weighted by molar-refractivity contribution is 7.89. The summed E-state index contributed by atoms with van der Waals surface area (Å²) in [5.41, 5.74) is 1.52. The maximum Gasteiger partial charge on any atom is 0.262 e. The van der Waals surface area contributed by atoms with Gasteiger partial charge in [-0.3, -0.25) is 4.79 Å². The quantitative estimate of drug-likeness (QED) is 0.581. The molecule has 2 aromatic rings. The molecule has 0 heterocycles. The molecule has 0 spiro atoms. The van der Waals surface area contributed by atoms with Crippen LogP contribution in [0.2, 0.25) is 0 Å². The topological polar surface area (TPSA) is 84.9 Å². The van der Waals surface area contributed by atoms with E-state index in [2.05, 4.69) is 5.32 Å². The summed E-state index contributed by atoms with van der Waals surface area (Å²) in [5.74, 6) is 0.680. The van der Waals surface area contributed by atoms with Crippen LogP contribution in [0.15, 0.2) is 47.4 Å². The number of hydrogen-bond acceptors (Lipinski definition) is 5. The maximum absolute atomic E-state index is 12.8. The van der Waals surface area contributed by atoms with Crippen molar-refractivity contribution in [2.75, 3.05) is 32.1 Å². The van der Waals surface area contributed by atoms with Crippen LogP contribution < -0.4 is 14.8 Å². The molecular weight excluding hydrogens is 404 g/mol. The zero-order valence-electron chi connectivity index (χ0n) is 18.0.